The van der Waals surface area contributed by atoms with E-state index in [4.69, 9.17) is 5.11 Å². The van der Waals surface area contributed by atoms with Crippen molar-refractivity contribution in [1.29, 1.82) is 0 Å². The number of carbonyl (C=O) groups is 1. The maximum absolute atomic E-state index is 11.2. The molecule has 90 valence electrons. The summed E-state index contributed by atoms with van der Waals surface area (Å²) in [4.78, 5) is 10.2. The second-order valence-electron chi connectivity index (χ2n) is 3.06. The Labute approximate surface area is 94.7 Å². The van der Waals surface area contributed by atoms with Crippen molar-refractivity contribution >= 4 is 27.8 Å². The molecule has 0 saturated heterocycles. The van der Waals surface area contributed by atoms with Gasteiger partial charge in [0.2, 0.25) is 10.0 Å². The quantitative estimate of drug-likeness (QED) is 0.587. The number of unbranched alkanes of at least 4 members (excludes halogenated alkanes) is 1. The first-order chi connectivity index (χ1) is 6.98. The maximum atomic E-state index is 11.2. The predicted molar refractivity (Wildman–Crippen MR) is 61.7 cm³/mol. The summed E-state index contributed by atoms with van der Waals surface area (Å²) in [6, 6.07) is 0. The molecule has 0 radical (unpaired) electrons. The first kappa shape index (κ1) is 14.7. The van der Waals surface area contributed by atoms with E-state index in [1.807, 2.05) is 6.26 Å². The molecule has 7 heteroatoms. The number of carboxylic acid groups (broad SMARTS) is 1. The van der Waals surface area contributed by atoms with Crippen LogP contribution in [0.15, 0.2) is 0 Å². The van der Waals surface area contributed by atoms with Gasteiger partial charge in [-0.1, -0.05) is 0 Å². The predicted octanol–water partition coefficient (Wildman–Crippen LogP) is 0.524. The SMILES string of the molecule is CSCCCCNS(=O)(=O)CCC(=O)O. The molecule has 15 heavy (non-hydrogen) atoms. The summed E-state index contributed by atoms with van der Waals surface area (Å²) in [6.45, 7) is 0.391. The largest absolute Gasteiger partial charge is 0.481 e. The molecule has 0 aliphatic heterocycles. The van der Waals surface area contributed by atoms with Gasteiger partial charge in [-0.3, -0.25) is 4.79 Å². The standard InChI is InChI=1S/C8H17NO4S2/c1-14-6-3-2-5-9-15(12,13)7-4-8(10)11/h9H,2-7H2,1H3,(H,10,11). The van der Waals surface area contributed by atoms with Crippen molar-refractivity contribution in [3.05, 3.63) is 0 Å². The number of rotatable bonds is 9. The Morgan fingerprint density at radius 2 is 2.07 bits per heavy atom. The van der Waals surface area contributed by atoms with E-state index in [2.05, 4.69) is 4.72 Å². The van der Waals surface area contributed by atoms with E-state index >= 15 is 0 Å². The molecule has 5 nitrogen and oxygen atoms in total. The zero-order valence-corrected chi connectivity index (χ0v) is 10.4. The van der Waals surface area contributed by atoms with Crippen LogP contribution in [0.3, 0.4) is 0 Å². The fraction of sp³-hybridized carbons (Fsp3) is 0.875. The zero-order chi connectivity index (χ0) is 11.7. The van der Waals surface area contributed by atoms with Crippen LogP contribution in [0.4, 0.5) is 0 Å². The number of hydrogen-bond donors (Lipinski definition) is 2. The van der Waals surface area contributed by atoms with E-state index in [1.165, 1.54) is 0 Å². The second kappa shape index (κ2) is 7.95. The normalized spacial score (nSPS) is 11.5. The molecule has 0 aromatic carbocycles. The molecule has 0 aromatic rings. The fourth-order valence-electron chi connectivity index (χ4n) is 0.893. The topological polar surface area (TPSA) is 83.5 Å². The van der Waals surface area contributed by atoms with Gasteiger partial charge in [-0.2, -0.15) is 11.8 Å². The number of thioether (sulfide) groups is 1. The van der Waals surface area contributed by atoms with E-state index in [-0.39, 0.29) is 12.2 Å². The first-order valence-electron chi connectivity index (χ1n) is 4.66. The van der Waals surface area contributed by atoms with Crippen molar-refractivity contribution < 1.29 is 18.3 Å². The Hall–Kier alpha value is -0.270. The van der Waals surface area contributed by atoms with Crippen LogP contribution in [0, 0.1) is 0 Å². The van der Waals surface area contributed by atoms with Gasteiger partial charge in [0.05, 0.1) is 12.2 Å². The Kier molecular flexibility index (Phi) is 7.81. The zero-order valence-electron chi connectivity index (χ0n) is 8.73. The third-order valence-electron chi connectivity index (χ3n) is 1.68. The first-order valence-corrected chi connectivity index (χ1v) is 7.70. The summed E-state index contributed by atoms with van der Waals surface area (Å²) in [6.07, 6.45) is 3.40. The minimum absolute atomic E-state index is 0.342. The van der Waals surface area contributed by atoms with Crippen LogP contribution >= 0.6 is 11.8 Å². The van der Waals surface area contributed by atoms with Gasteiger partial charge < -0.3 is 5.11 Å². The van der Waals surface area contributed by atoms with E-state index < -0.39 is 16.0 Å². The number of carboxylic acids is 1. The van der Waals surface area contributed by atoms with Crippen LogP contribution in [-0.4, -0.2) is 43.8 Å². The van der Waals surface area contributed by atoms with Crippen molar-refractivity contribution in [2.24, 2.45) is 0 Å². The highest BCUT2D eigenvalue weighted by atomic mass is 32.2. The summed E-state index contributed by atoms with van der Waals surface area (Å²) in [5, 5.41) is 8.32. The van der Waals surface area contributed by atoms with Crippen LogP contribution in [0.1, 0.15) is 19.3 Å². The summed E-state index contributed by atoms with van der Waals surface area (Å²) in [7, 11) is -3.40. The Bertz CT molecular complexity index is 276. The van der Waals surface area contributed by atoms with E-state index in [0.29, 0.717) is 6.54 Å². The van der Waals surface area contributed by atoms with Gasteiger partial charge in [0, 0.05) is 6.54 Å². The highest BCUT2D eigenvalue weighted by Gasteiger charge is 2.11. The third kappa shape index (κ3) is 10.0. The average molecular weight is 255 g/mol. The molecule has 0 rings (SSSR count). The van der Waals surface area contributed by atoms with Crippen LogP contribution in [0.5, 0.6) is 0 Å². The highest BCUT2D eigenvalue weighted by Crippen LogP contribution is 1.98. The van der Waals surface area contributed by atoms with Crippen molar-refractivity contribution in [2.75, 3.05) is 24.3 Å². The van der Waals surface area contributed by atoms with Gasteiger partial charge in [0.1, 0.15) is 0 Å². The molecule has 0 aliphatic carbocycles. The summed E-state index contributed by atoms with van der Waals surface area (Å²) < 4.78 is 24.7. The second-order valence-corrected chi connectivity index (χ2v) is 5.97. The van der Waals surface area contributed by atoms with E-state index in [9.17, 15) is 13.2 Å². The lowest BCUT2D eigenvalue weighted by Gasteiger charge is -2.04. The summed E-state index contributed by atoms with van der Waals surface area (Å²) >= 11 is 1.72. The van der Waals surface area contributed by atoms with E-state index in [0.717, 1.165) is 18.6 Å². The smallest absolute Gasteiger partial charge is 0.304 e. The van der Waals surface area contributed by atoms with Crippen LogP contribution in [0.25, 0.3) is 0 Å². The number of aliphatic carboxylic acids is 1. The fourth-order valence-corrected chi connectivity index (χ4v) is 2.43. The van der Waals surface area contributed by atoms with Gasteiger partial charge in [0.25, 0.3) is 0 Å². The highest BCUT2D eigenvalue weighted by molar-refractivity contribution is 7.98. The van der Waals surface area contributed by atoms with Gasteiger partial charge >= 0.3 is 5.97 Å². The van der Waals surface area contributed by atoms with Crippen LogP contribution in [-0.2, 0) is 14.8 Å². The molecular weight excluding hydrogens is 238 g/mol. The molecule has 0 fully saturated rings. The summed E-state index contributed by atoms with van der Waals surface area (Å²) in [5.41, 5.74) is 0. The lowest BCUT2D eigenvalue weighted by Crippen LogP contribution is -2.28. The van der Waals surface area contributed by atoms with Crippen LogP contribution < -0.4 is 4.72 Å². The third-order valence-corrected chi connectivity index (χ3v) is 3.76. The molecule has 0 saturated carbocycles. The molecule has 0 unspecified atom stereocenters. The van der Waals surface area contributed by atoms with Gasteiger partial charge in [0.15, 0.2) is 0 Å². The van der Waals surface area contributed by atoms with Crippen LogP contribution in [0.2, 0.25) is 0 Å². The minimum atomic E-state index is -3.40. The molecule has 0 aromatic heterocycles. The summed E-state index contributed by atoms with van der Waals surface area (Å²) in [5.74, 6) is -0.426. The molecular formula is C8H17NO4S2. The number of sulfonamides is 1. The Morgan fingerprint density at radius 3 is 2.60 bits per heavy atom. The molecule has 0 atom stereocenters. The lowest BCUT2D eigenvalue weighted by molar-refractivity contribution is -0.136. The van der Waals surface area contributed by atoms with Crippen molar-refractivity contribution in [3.63, 3.8) is 0 Å². The maximum Gasteiger partial charge on any atom is 0.304 e. The number of nitrogens with one attached hydrogen (secondary N) is 1. The molecule has 2 N–H and O–H groups in total. The molecule has 0 aliphatic rings. The molecule has 0 amide bonds. The molecule has 0 heterocycles. The monoisotopic (exact) mass is 255 g/mol. The van der Waals surface area contributed by atoms with Gasteiger partial charge in [-0.25, -0.2) is 13.1 Å². The van der Waals surface area contributed by atoms with Crippen molar-refractivity contribution in [3.8, 4) is 0 Å². The lowest BCUT2D eigenvalue weighted by atomic mass is 10.3. The average Bonchev–Trinajstić information content (AvgIpc) is 2.15. The molecule has 0 spiro atoms. The van der Waals surface area contributed by atoms with Gasteiger partial charge in [-0.05, 0) is 24.9 Å². The van der Waals surface area contributed by atoms with Crippen molar-refractivity contribution in [2.45, 2.75) is 19.3 Å². The Balaban J connectivity index is 3.61. The Morgan fingerprint density at radius 1 is 1.40 bits per heavy atom. The molecule has 0 bridgehead atoms. The van der Waals surface area contributed by atoms with Crippen molar-refractivity contribution in [1.82, 2.24) is 4.72 Å². The van der Waals surface area contributed by atoms with E-state index in [1.54, 1.807) is 11.8 Å². The number of hydrogen-bond acceptors (Lipinski definition) is 4. The van der Waals surface area contributed by atoms with Gasteiger partial charge in [-0.15, -0.1) is 0 Å². The minimum Gasteiger partial charge on any atom is -0.481 e.